The standard InChI is InChI=1S/C9H9N5O/c1-14(7-3-2-4-10-5-7)9(15)8-11-6-12-13-8/h2-6H,1H3,(H,11,12,13). The molecule has 0 spiro atoms. The van der Waals surface area contributed by atoms with Crippen molar-refractivity contribution in [3.8, 4) is 0 Å². The number of rotatable bonds is 2. The lowest BCUT2D eigenvalue weighted by Crippen LogP contribution is -2.27. The summed E-state index contributed by atoms with van der Waals surface area (Å²) >= 11 is 0. The fourth-order valence-electron chi connectivity index (χ4n) is 1.14. The number of aromatic nitrogens is 4. The van der Waals surface area contributed by atoms with Gasteiger partial charge < -0.3 is 4.90 Å². The van der Waals surface area contributed by atoms with Gasteiger partial charge in [0.15, 0.2) is 0 Å². The third-order valence-electron chi connectivity index (χ3n) is 1.96. The maximum absolute atomic E-state index is 11.8. The molecule has 0 atom stereocenters. The molecular weight excluding hydrogens is 194 g/mol. The number of amides is 1. The maximum atomic E-state index is 11.8. The summed E-state index contributed by atoms with van der Waals surface area (Å²) in [5.41, 5.74) is 0.707. The van der Waals surface area contributed by atoms with E-state index in [1.807, 2.05) is 0 Å². The van der Waals surface area contributed by atoms with Crippen LogP contribution in [0, 0.1) is 0 Å². The van der Waals surface area contributed by atoms with Crippen LogP contribution < -0.4 is 4.90 Å². The van der Waals surface area contributed by atoms with Crippen molar-refractivity contribution in [1.29, 1.82) is 0 Å². The lowest BCUT2D eigenvalue weighted by atomic mass is 10.3. The summed E-state index contributed by atoms with van der Waals surface area (Å²) in [7, 11) is 1.65. The van der Waals surface area contributed by atoms with Crippen LogP contribution in [0.15, 0.2) is 30.9 Å². The molecule has 2 aromatic heterocycles. The fourth-order valence-corrected chi connectivity index (χ4v) is 1.14. The van der Waals surface area contributed by atoms with Crippen LogP contribution in [0.4, 0.5) is 5.69 Å². The molecule has 2 rings (SSSR count). The molecule has 0 unspecified atom stereocenters. The number of anilines is 1. The lowest BCUT2D eigenvalue weighted by Gasteiger charge is -2.14. The van der Waals surface area contributed by atoms with Crippen molar-refractivity contribution in [2.45, 2.75) is 0 Å². The second-order valence-corrected chi connectivity index (χ2v) is 2.91. The van der Waals surface area contributed by atoms with Gasteiger partial charge >= 0.3 is 0 Å². The first-order valence-corrected chi connectivity index (χ1v) is 4.32. The van der Waals surface area contributed by atoms with Crippen LogP contribution in [0.3, 0.4) is 0 Å². The third kappa shape index (κ3) is 1.83. The van der Waals surface area contributed by atoms with Gasteiger partial charge in [-0.1, -0.05) is 0 Å². The van der Waals surface area contributed by atoms with Gasteiger partial charge in [-0.3, -0.25) is 14.9 Å². The third-order valence-corrected chi connectivity index (χ3v) is 1.96. The topological polar surface area (TPSA) is 74.8 Å². The van der Waals surface area contributed by atoms with Crippen LogP contribution in [0.25, 0.3) is 0 Å². The first kappa shape index (κ1) is 9.32. The summed E-state index contributed by atoms with van der Waals surface area (Å²) in [5.74, 6) is -0.0400. The molecule has 6 nitrogen and oxygen atoms in total. The highest BCUT2D eigenvalue weighted by molar-refractivity contribution is 6.02. The summed E-state index contributed by atoms with van der Waals surface area (Å²) in [6, 6.07) is 3.56. The van der Waals surface area contributed by atoms with E-state index in [0.29, 0.717) is 5.69 Å². The Labute approximate surface area is 86.0 Å². The van der Waals surface area contributed by atoms with Crippen molar-refractivity contribution in [1.82, 2.24) is 20.2 Å². The molecule has 6 heteroatoms. The Morgan fingerprint density at radius 3 is 3.00 bits per heavy atom. The Balaban J connectivity index is 2.23. The maximum Gasteiger partial charge on any atom is 0.295 e. The molecule has 76 valence electrons. The molecule has 0 bridgehead atoms. The van der Waals surface area contributed by atoms with E-state index in [9.17, 15) is 4.79 Å². The average Bonchev–Trinajstić information content (AvgIpc) is 2.82. The summed E-state index contributed by atoms with van der Waals surface area (Å²) < 4.78 is 0. The Hall–Kier alpha value is -2.24. The average molecular weight is 203 g/mol. The number of nitrogens with one attached hydrogen (secondary N) is 1. The van der Waals surface area contributed by atoms with Crippen molar-refractivity contribution in [3.05, 3.63) is 36.7 Å². The quantitative estimate of drug-likeness (QED) is 0.770. The Morgan fingerprint density at radius 2 is 2.40 bits per heavy atom. The van der Waals surface area contributed by atoms with E-state index < -0.39 is 0 Å². The van der Waals surface area contributed by atoms with E-state index in [1.165, 1.54) is 11.2 Å². The van der Waals surface area contributed by atoms with Gasteiger partial charge in [0.25, 0.3) is 5.91 Å². The van der Waals surface area contributed by atoms with E-state index in [1.54, 1.807) is 31.6 Å². The Morgan fingerprint density at radius 1 is 1.53 bits per heavy atom. The zero-order valence-electron chi connectivity index (χ0n) is 8.08. The van der Waals surface area contributed by atoms with E-state index in [4.69, 9.17) is 0 Å². The predicted molar refractivity (Wildman–Crippen MR) is 53.4 cm³/mol. The summed E-state index contributed by atoms with van der Waals surface area (Å²) in [6.07, 6.45) is 4.55. The second-order valence-electron chi connectivity index (χ2n) is 2.91. The lowest BCUT2D eigenvalue weighted by molar-refractivity contribution is 0.0983. The molecule has 15 heavy (non-hydrogen) atoms. The monoisotopic (exact) mass is 203 g/mol. The van der Waals surface area contributed by atoms with E-state index in [2.05, 4.69) is 20.2 Å². The van der Waals surface area contributed by atoms with Gasteiger partial charge in [0.05, 0.1) is 11.9 Å². The van der Waals surface area contributed by atoms with Crippen molar-refractivity contribution in [2.24, 2.45) is 0 Å². The number of nitrogens with zero attached hydrogens (tertiary/aromatic N) is 4. The number of aromatic amines is 1. The molecule has 0 fully saturated rings. The minimum Gasteiger partial charge on any atom is -0.307 e. The molecule has 0 radical (unpaired) electrons. The van der Waals surface area contributed by atoms with E-state index >= 15 is 0 Å². The molecule has 1 amide bonds. The molecule has 0 aliphatic carbocycles. The van der Waals surface area contributed by atoms with Crippen LogP contribution in [0.2, 0.25) is 0 Å². The van der Waals surface area contributed by atoms with Gasteiger partial charge in [0, 0.05) is 13.2 Å². The Bertz CT molecular complexity index is 439. The molecule has 2 heterocycles. The van der Waals surface area contributed by atoms with Crippen LogP contribution in [-0.4, -0.2) is 33.1 Å². The smallest absolute Gasteiger partial charge is 0.295 e. The van der Waals surface area contributed by atoms with Crippen molar-refractivity contribution in [2.75, 3.05) is 11.9 Å². The number of hydrogen-bond donors (Lipinski definition) is 1. The molecule has 0 aliphatic rings. The van der Waals surface area contributed by atoms with E-state index in [0.717, 1.165) is 0 Å². The first-order chi connectivity index (χ1) is 7.29. The molecule has 0 aliphatic heterocycles. The first-order valence-electron chi connectivity index (χ1n) is 4.32. The van der Waals surface area contributed by atoms with Crippen LogP contribution >= 0.6 is 0 Å². The van der Waals surface area contributed by atoms with Crippen LogP contribution in [0.5, 0.6) is 0 Å². The molecule has 0 saturated heterocycles. The summed E-state index contributed by atoms with van der Waals surface area (Å²) in [5, 5.41) is 6.13. The summed E-state index contributed by atoms with van der Waals surface area (Å²) in [4.78, 5) is 20.9. The number of H-pyrrole nitrogens is 1. The van der Waals surface area contributed by atoms with Gasteiger partial charge in [-0.25, -0.2) is 4.98 Å². The Kier molecular flexibility index (Phi) is 2.40. The van der Waals surface area contributed by atoms with Crippen LogP contribution in [-0.2, 0) is 0 Å². The van der Waals surface area contributed by atoms with E-state index in [-0.39, 0.29) is 11.7 Å². The molecule has 1 N–H and O–H groups in total. The zero-order chi connectivity index (χ0) is 10.7. The SMILES string of the molecule is CN(C(=O)c1ncn[nH]1)c1cccnc1. The van der Waals surface area contributed by atoms with Gasteiger partial charge in [0.2, 0.25) is 5.82 Å². The molecular formula is C9H9N5O. The number of pyridine rings is 1. The number of carbonyl (C=O) groups is 1. The molecule has 0 saturated carbocycles. The normalized spacial score (nSPS) is 9.93. The minimum atomic E-state index is -0.250. The zero-order valence-corrected chi connectivity index (χ0v) is 8.08. The molecule has 0 aromatic carbocycles. The van der Waals surface area contributed by atoms with Crippen LogP contribution in [0.1, 0.15) is 10.6 Å². The van der Waals surface area contributed by atoms with Crippen molar-refractivity contribution < 1.29 is 4.79 Å². The van der Waals surface area contributed by atoms with Crippen molar-refractivity contribution in [3.63, 3.8) is 0 Å². The van der Waals surface area contributed by atoms with Gasteiger partial charge in [0.1, 0.15) is 6.33 Å². The number of hydrogen-bond acceptors (Lipinski definition) is 4. The van der Waals surface area contributed by atoms with Gasteiger partial charge in [-0.05, 0) is 12.1 Å². The summed E-state index contributed by atoms with van der Waals surface area (Å²) in [6.45, 7) is 0. The van der Waals surface area contributed by atoms with Gasteiger partial charge in [-0.2, -0.15) is 5.10 Å². The van der Waals surface area contributed by atoms with Gasteiger partial charge in [-0.15, -0.1) is 0 Å². The highest BCUT2D eigenvalue weighted by Crippen LogP contribution is 2.10. The highest BCUT2D eigenvalue weighted by atomic mass is 16.2. The second kappa shape index (κ2) is 3.87. The largest absolute Gasteiger partial charge is 0.307 e. The fraction of sp³-hybridized carbons (Fsp3) is 0.111. The predicted octanol–water partition coefficient (Wildman–Crippen LogP) is 0.476. The van der Waals surface area contributed by atoms with Crippen molar-refractivity contribution >= 4 is 11.6 Å². The number of carbonyl (C=O) groups excluding carboxylic acids is 1. The molecule has 2 aromatic rings. The highest BCUT2D eigenvalue weighted by Gasteiger charge is 2.15. The minimum absolute atomic E-state index is 0.210.